The van der Waals surface area contributed by atoms with Crippen LogP contribution < -0.4 is 11.2 Å². The molecule has 3 heterocycles. The highest BCUT2D eigenvalue weighted by Crippen LogP contribution is 2.26. The molecule has 4 rings (SSSR count). The van der Waals surface area contributed by atoms with Crippen LogP contribution in [-0.2, 0) is 6.54 Å². The average molecular weight is 371 g/mol. The molecule has 1 aromatic carbocycles. The van der Waals surface area contributed by atoms with Crippen LogP contribution in [0.2, 0.25) is 5.02 Å². The molecule has 0 bridgehead atoms. The third-order valence-electron chi connectivity index (χ3n) is 4.03. The molecule has 1 N–H and O–H groups in total. The third kappa shape index (κ3) is 2.82. The van der Waals surface area contributed by atoms with Crippen LogP contribution in [0.3, 0.4) is 0 Å². The van der Waals surface area contributed by atoms with Gasteiger partial charge in [-0.3, -0.25) is 14.3 Å². The number of halogens is 2. The zero-order valence-corrected chi connectivity index (χ0v) is 14.1. The van der Waals surface area contributed by atoms with E-state index in [0.717, 1.165) is 16.3 Å². The van der Waals surface area contributed by atoms with Gasteiger partial charge < -0.3 is 4.40 Å². The van der Waals surface area contributed by atoms with E-state index >= 15 is 0 Å². The Balaban J connectivity index is 1.92. The van der Waals surface area contributed by atoms with Gasteiger partial charge in [-0.2, -0.15) is 4.39 Å². The first-order valence-electron chi connectivity index (χ1n) is 7.74. The highest BCUT2D eigenvalue weighted by atomic mass is 35.5. The van der Waals surface area contributed by atoms with Crippen molar-refractivity contribution in [3.63, 3.8) is 0 Å². The van der Waals surface area contributed by atoms with Crippen LogP contribution in [0.1, 0.15) is 5.69 Å². The lowest BCUT2D eigenvalue weighted by Gasteiger charge is -2.08. The highest BCUT2D eigenvalue weighted by molar-refractivity contribution is 6.30. The minimum absolute atomic E-state index is 0.0374. The van der Waals surface area contributed by atoms with Crippen LogP contribution in [0.15, 0.2) is 64.4 Å². The molecule has 0 fully saturated rings. The zero-order valence-electron chi connectivity index (χ0n) is 13.3. The lowest BCUT2D eigenvalue weighted by molar-refractivity contribution is 0.563. The van der Waals surface area contributed by atoms with E-state index in [2.05, 4.69) is 4.98 Å². The molecule has 0 aliphatic rings. The van der Waals surface area contributed by atoms with E-state index in [1.807, 2.05) is 45.9 Å². The maximum atomic E-state index is 13.6. The summed E-state index contributed by atoms with van der Waals surface area (Å²) in [6.07, 6.45) is 2.71. The number of hydrogen-bond acceptors (Lipinski definition) is 3. The number of hydrogen-bond donors (Lipinski definition) is 1. The fourth-order valence-electron chi connectivity index (χ4n) is 2.80. The molecule has 0 aliphatic heterocycles. The maximum Gasteiger partial charge on any atom is 0.328 e. The highest BCUT2D eigenvalue weighted by Gasteiger charge is 2.16. The predicted molar refractivity (Wildman–Crippen MR) is 96.0 cm³/mol. The number of imidazole rings is 1. The minimum Gasteiger partial charge on any atom is -0.302 e. The van der Waals surface area contributed by atoms with Crippen LogP contribution in [0.25, 0.3) is 16.9 Å². The summed E-state index contributed by atoms with van der Waals surface area (Å²) in [6, 6.07) is 12.7. The number of aromatic nitrogens is 4. The Bertz CT molecular complexity index is 1220. The number of nitrogens with one attached hydrogen (secondary N) is 1. The maximum absolute atomic E-state index is 13.6. The number of aromatic amines is 1. The molecule has 6 nitrogen and oxygen atoms in total. The Hall–Kier alpha value is -3.19. The lowest BCUT2D eigenvalue weighted by Crippen LogP contribution is -2.32. The summed E-state index contributed by atoms with van der Waals surface area (Å²) in [5, 5.41) is 0.595. The van der Waals surface area contributed by atoms with Gasteiger partial charge in [0.25, 0.3) is 5.56 Å². The molecule has 3 aromatic heterocycles. The molecule has 26 heavy (non-hydrogen) atoms. The van der Waals surface area contributed by atoms with Gasteiger partial charge in [0.2, 0.25) is 5.82 Å². The Morgan fingerprint density at radius 1 is 1.12 bits per heavy atom. The lowest BCUT2D eigenvalue weighted by atomic mass is 10.1. The number of fused-ring (bicyclic) bond motifs is 1. The van der Waals surface area contributed by atoms with E-state index in [-0.39, 0.29) is 6.54 Å². The Morgan fingerprint density at radius 3 is 2.65 bits per heavy atom. The van der Waals surface area contributed by atoms with E-state index in [1.165, 1.54) is 0 Å². The van der Waals surface area contributed by atoms with Crippen LogP contribution in [0.5, 0.6) is 0 Å². The zero-order chi connectivity index (χ0) is 18.3. The summed E-state index contributed by atoms with van der Waals surface area (Å²) in [7, 11) is 0. The standard InChI is InChI=1S/C18H12ClFN4O2/c19-12-6-4-11(5-7-12)16-14(24-8-2-1-3-15(24)21-16)10-23-9-13(20)17(25)22-18(23)26/h1-9H,10H2,(H,22,25,26). The summed E-state index contributed by atoms with van der Waals surface area (Å²) in [5.41, 5.74) is 1.09. The fraction of sp³-hybridized carbons (Fsp3) is 0.0556. The summed E-state index contributed by atoms with van der Waals surface area (Å²) < 4.78 is 16.6. The molecule has 130 valence electrons. The normalized spacial score (nSPS) is 11.2. The van der Waals surface area contributed by atoms with Gasteiger partial charge in [0.1, 0.15) is 5.65 Å². The molecule has 0 saturated carbocycles. The van der Waals surface area contributed by atoms with Crippen molar-refractivity contribution in [2.24, 2.45) is 0 Å². The topological polar surface area (TPSA) is 72.2 Å². The third-order valence-corrected chi connectivity index (χ3v) is 4.29. The summed E-state index contributed by atoms with van der Waals surface area (Å²) >= 11 is 5.95. The Morgan fingerprint density at radius 2 is 1.88 bits per heavy atom. The number of nitrogens with zero attached hydrogens (tertiary/aromatic N) is 3. The van der Waals surface area contributed by atoms with E-state index in [4.69, 9.17) is 11.6 Å². The first-order valence-corrected chi connectivity index (χ1v) is 8.12. The molecule has 0 aliphatic carbocycles. The van der Waals surface area contributed by atoms with Crippen molar-refractivity contribution in [3.05, 3.63) is 92.2 Å². The van der Waals surface area contributed by atoms with Crippen molar-refractivity contribution in [1.29, 1.82) is 0 Å². The van der Waals surface area contributed by atoms with Crippen molar-refractivity contribution < 1.29 is 4.39 Å². The van der Waals surface area contributed by atoms with Gasteiger partial charge in [0.15, 0.2) is 0 Å². The number of H-pyrrole nitrogens is 1. The second kappa shape index (κ2) is 6.27. The van der Waals surface area contributed by atoms with Gasteiger partial charge in [-0.05, 0) is 24.3 Å². The smallest absolute Gasteiger partial charge is 0.302 e. The largest absolute Gasteiger partial charge is 0.328 e. The molecular formula is C18H12ClFN4O2. The number of benzene rings is 1. The summed E-state index contributed by atoms with van der Waals surface area (Å²) in [6.45, 7) is 0.0374. The molecule has 4 aromatic rings. The van der Waals surface area contributed by atoms with Gasteiger partial charge >= 0.3 is 5.69 Å². The second-order valence-corrected chi connectivity index (χ2v) is 6.14. The van der Waals surface area contributed by atoms with Crippen LogP contribution >= 0.6 is 11.6 Å². The first kappa shape index (κ1) is 16.3. The van der Waals surface area contributed by atoms with Crippen molar-refractivity contribution in [2.75, 3.05) is 0 Å². The first-order chi connectivity index (χ1) is 12.5. The molecule has 0 radical (unpaired) electrons. The molecule has 0 atom stereocenters. The molecule has 0 saturated heterocycles. The fourth-order valence-corrected chi connectivity index (χ4v) is 2.92. The van der Waals surface area contributed by atoms with Gasteiger partial charge in [-0.1, -0.05) is 29.8 Å². The van der Waals surface area contributed by atoms with Gasteiger partial charge in [-0.15, -0.1) is 0 Å². The van der Waals surface area contributed by atoms with E-state index in [9.17, 15) is 14.0 Å². The number of pyridine rings is 1. The SMILES string of the molecule is O=c1[nH]c(=O)n(Cc2c(-c3ccc(Cl)cc3)nc3ccccn23)cc1F. The van der Waals surface area contributed by atoms with Crippen LogP contribution in [0.4, 0.5) is 4.39 Å². The van der Waals surface area contributed by atoms with Gasteiger partial charge in [0, 0.05) is 16.8 Å². The van der Waals surface area contributed by atoms with Crippen molar-refractivity contribution >= 4 is 17.2 Å². The molecule has 0 unspecified atom stereocenters. The molecule has 0 amide bonds. The monoisotopic (exact) mass is 370 g/mol. The van der Waals surface area contributed by atoms with Gasteiger partial charge in [0.05, 0.1) is 24.1 Å². The molecule has 0 spiro atoms. The number of rotatable bonds is 3. The molecule has 8 heteroatoms. The predicted octanol–water partition coefficient (Wildman–Crippen LogP) is 2.69. The second-order valence-electron chi connectivity index (χ2n) is 5.71. The van der Waals surface area contributed by atoms with Crippen LogP contribution in [0, 0.1) is 5.82 Å². The Kier molecular flexibility index (Phi) is 3.93. The van der Waals surface area contributed by atoms with E-state index < -0.39 is 17.1 Å². The van der Waals surface area contributed by atoms with Crippen molar-refractivity contribution in [1.82, 2.24) is 18.9 Å². The van der Waals surface area contributed by atoms with Crippen molar-refractivity contribution in [2.45, 2.75) is 6.54 Å². The average Bonchev–Trinajstić information content (AvgIpc) is 2.99. The van der Waals surface area contributed by atoms with Crippen molar-refractivity contribution in [3.8, 4) is 11.3 Å². The minimum atomic E-state index is -1.04. The van der Waals surface area contributed by atoms with E-state index in [0.29, 0.717) is 22.1 Å². The molecular weight excluding hydrogens is 359 g/mol. The quantitative estimate of drug-likeness (QED) is 0.602. The summed E-state index contributed by atoms with van der Waals surface area (Å²) in [4.78, 5) is 29.9. The van der Waals surface area contributed by atoms with Gasteiger partial charge in [-0.25, -0.2) is 9.78 Å². The van der Waals surface area contributed by atoms with Crippen LogP contribution in [-0.4, -0.2) is 18.9 Å². The summed E-state index contributed by atoms with van der Waals surface area (Å²) in [5.74, 6) is -1.02. The van der Waals surface area contributed by atoms with E-state index in [1.54, 1.807) is 12.1 Å². The Labute approximate surface area is 151 Å².